The third kappa shape index (κ3) is 2.63. The molecule has 84 valence electrons. The lowest BCUT2D eigenvalue weighted by atomic mass is 9.99. The summed E-state index contributed by atoms with van der Waals surface area (Å²) in [5.74, 6) is 1.90. The van der Waals surface area contributed by atoms with Crippen molar-refractivity contribution in [3.63, 3.8) is 0 Å². The van der Waals surface area contributed by atoms with Gasteiger partial charge in [-0.15, -0.1) is 0 Å². The molecule has 2 atom stereocenters. The average Bonchev–Trinajstić information content (AvgIpc) is 2.91. The Kier molecular flexibility index (Phi) is 3.47. The Bertz CT molecular complexity index is 275. The quantitative estimate of drug-likeness (QED) is 0.817. The van der Waals surface area contributed by atoms with Crippen molar-refractivity contribution in [1.82, 2.24) is 5.32 Å². The molecule has 2 heteroatoms. The summed E-state index contributed by atoms with van der Waals surface area (Å²) in [7, 11) is 0. The lowest BCUT2D eigenvalue weighted by molar-refractivity contribution is 0.327. The lowest BCUT2D eigenvalue weighted by Gasteiger charge is -2.23. The summed E-state index contributed by atoms with van der Waals surface area (Å²) in [4.78, 5) is 0. The van der Waals surface area contributed by atoms with Crippen LogP contribution < -0.4 is 5.32 Å². The van der Waals surface area contributed by atoms with Crippen molar-refractivity contribution >= 4 is 0 Å². The van der Waals surface area contributed by atoms with Gasteiger partial charge in [-0.05, 0) is 44.7 Å². The first-order valence-electron chi connectivity index (χ1n) is 6.07. The molecule has 1 aromatic heterocycles. The van der Waals surface area contributed by atoms with Crippen LogP contribution in [0.3, 0.4) is 0 Å². The molecule has 0 amide bonds. The molecule has 15 heavy (non-hydrogen) atoms. The highest BCUT2D eigenvalue weighted by Gasteiger charge is 2.23. The first kappa shape index (κ1) is 10.7. The SMILES string of the molecule is CC(N[C@@H](C)C1CCCC1)c1ccco1. The van der Waals surface area contributed by atoms with Crippen molar-refractivity contribution in [2.75, 3.05) is 0 Å². The van der Waals surface area contributed by atoms with Gasteiger partial charge in [0.15, 0.2) is 0 Å². The standard InChI is InChI=1S/C13H21NO/c1-10(12-6-3-4-7-12)14-11(2)13-8-5-9-15-13/h5,8-12,14H,3-4,6-7H2,1-2H3/t10-,11?/m0/s1. The maximum Gasteiger partial charge on any atom is 0.120 e. The molecule has 1 heterocycles. The predicted molar refractivity (Wildman–Crippen MR) is 61.7 cm³/mol. The molecule has 1 aliphatic carbocycles. The zero-order valence-electron chi connectivity index (χ0n) is 9.70. The zero-order valence-corrected chi connectivity index (χ0v) is 9.70. The fraction of sp³-hybridized carbons (Fsp3) is 0.692. The maximum absolute atomic E-state index is 5.40. The van der Waals surface area contributed by atoms with E-state index < -0.39 is 0 Å². The minimum Gasteiger partial charge on any atom is -0.468 e. The van der Waals surface area contributed by atoms with E-state index in [0.29, 0.717) is 12.1 Å². The monoisotopic (exact) mass is 207 g/mol. The summed E-state index contributed by atoms with van der Waals surface area (Å²) < 4.78 is 5.40. The number of hydrogen-bond acceptors (Lipinski definition) is 2. The molecule has 1 fully saturated rings. The molecule has 1 N–H and O–H groups in total. The Morgan fingerprint density at radius 2 is 2.07 bits per heavy atom. The summed E-state index contributed by atoms with van der Waals surface area (Å²) >= 11 is 0. The summed E-state index contributed by atoms with van der Waals surface area (Å²) in [6.45, 7) is 4.47. The van der Waals surface area contributed by atoms with Crippen LogP contribution in [0.1, 0.15) is 51.3 Å². The van der Waals surface area contributed by atoms with E-state index in [4.69, 9.17) is 4.42 Å². The van der Waals surface area contributed by atoms with Crippen molar-refractivity contribution in [2.24, 2.45) is 5.92 Å². The minimum absolute atomic E-state index is 0.329. The molecule has 2 rings (SSSR count). The molecule has 1 aromatic rings. The van der Waals surface area contributed by atoms with Crippen LogP contribution in [0.5, 0.6) is 0 Å². The highest BCUT2D eigenvalue weighted by Crippen LogP contribution is 2.28. The van der Waals surface area contributed by atoms with Gasteiger partial charge >= 0.3 is 0 Å². The smallest absolute Gasteiger partial charge is 0.120 e. The van der Waals surface area contributed by atoms with Crippen LogP contribution in [0.25, 0.3) is 0 Å². The van der Waals surface area contributed by atoms with Gasteiger partial charge < -0.3 is 9.73 Å². The van der Waals surface area contributed by atoms with Crippen molar-refractivity contribution < 1.29 is 4.42 Å². The van der Waals surface area contributed by atoms with E-state index in [1.54, 1.807) is 6.26 Å². The summed E-state index contributed by atoms with van der Waals surface area (Å²) in [5, 5.41) is 3.63. The Labute approximate surface area is 92.1 Å². The molecule has 0 aromatic carbocycles. The van der Waals surface area contributed by atoms with E-state index in [9.17, 15) is 0 Å². The van der Waals surface area contributed by atoms with Gasteiger partial charge in [0, 0.05) is 6.04 Å². The second kappa shape index (κ2) is 4.84. The van der Waals surface area contributed by atoms with Crippen LogP contribution in [-0.4, -0.2) is 6.04 Å². The fourth-order valence-electron chi connectivity index (χ4n) is 2.61. The van der Waals surface area contributed by atoms with Gasteiger partial charge in [-0.3, -0.25) is 0 Å². The van der Waals surface area contributed by atoms with E-state index >= 15 is 0 Å². The van der Waals surface area contributed by atoms with Crippen LogP contribution in [0.4, 0.5) is 0 Å². The van der Waals surface area contributed by atoms with Crippen LogP contribution >= 0.6 is 0 Å². The molecular formula is C13H21NO. The number of rotatable bonds is 4. The molecule has 2 nitrogen and oxygen atoms in total. The van der Waals surface area contributed by atoms with Crippen LogP contribution in [0.15, 0.2) is 22.8 Å². The first-order valence-corrected chi connectivity index (χ1v) is 6.07. The highest BCUT2D eigenvalue weighted by molar-refractivity contribution is 5.03. The summed E-state index contributed by atoms with van der Waals surface area (Å²) in [5.41, 5.74) is 0. The molecule has 0 saturated heterocycles. The average molecular weight is 207 g/mol. The zero-order chi connectivity index (χ0) is 10.7. The van der Waals surface area contributed by atoms with E-state index in [-0.39, 0.29) is 0 Å². The van der Waals surface area contributed by atoms with Crippen LogP contribution in [-0.2, 0) is 0 Å². The van der Waals surface area contributed by atoms with Gasteiger partial charge in [-0.25, -0.2) is 0 Å². The van der Waals surface area contributed by atoms with Crippen molar-refractivity contribution in [2.45, 2.75) is 51.6 Å². The van der Waals surface area contributed by atoms with Gasteiger partial charge in [0.05, 0.1) is 12.3 Å². The largest absolute Gasteiger partial charge is 0.468 e. The Morgan fingerprint density at radius 1 is 1.33 bits per heavy atom. The number of furan rings is 1. The minimum atomic E-state index is 0.329. The fourth-order valence-corrected chi connectivity index (χ4v) is 2.61. The second-order valence-corrected chi connectivity index (χ2v) is 4.74. The third-order valence-electron chi connectivity index (χ3n) is 3.59. The number of nitrogens with one attached hydrogen (secondary N) is 1. The molecule has 1 aliphatic rings. The first-order chi connectivity index (χ1) is 7.27. The molecule has 0 aliphatic heterocycles. The van der Waals surface area contributed by atoms with Crippen molar-refractivity contribution in [3.05, 3.63) is 24.2 Å². The van der Waals surface area contributed by atoms with Crippen molar-refractivity contribution in [3.8, 4) is 0 Å². The summed E-state index contributed by atoms with van der Waals surface area (Å²) in [6.07, 6.45) is 7.34. The van der Waals surface area contributed by atoms with Gasteiger partial charge in [0.1, 0.15) is 5.76 Å². The summed E-state index contributed by atoms with van der Waals surface area (Å²) in [6, 6.07) is 4.93. The van der Waals surface area contributed by atoms with E-state index in [1.165, 1.54) is 25.7 Å². The van der Waals surface area contributed by atoms with Gasteiger partial charge in [-0.2, -0.15) is 0 Å². The van der Waals surface area contributed by atoms with E-state index in [1.807, 2.05) is 12.1 Å². The van der Waals surface area contributed by atoms with Gasteiger partial charge in [0.2, 0.25) is 0 Å². The molecule has 1 saturated carbocycles. The molecule has 1 unspecified atom stereocenters. The maximum atomic E-state index is 5.40. The Morgan fingerprint density at radius 3 is 2.67 bits per heavy atom. The molecular weight excluding hydrogens is 186 g/mol. The lowest BCUT2D eigenvalue weighted by Crippen LogP contribution is -2.34. The molecule has 0 bridgehead atoms. The van der Waals surface area contributed by atoms with Crippen LogP contribution in [0, 0.1) is 5.92 Å². The van der Waals surface area contributed by atoms with E-state index in [0.717, 1.165) is 11.7 Å². The van der Waals surface area contributed by atoms with Gasteiger partial charge in [-0.1, -0.05) is 12.8 Å². The normalized spacial score (nSPS) is 21.7. The molecule has 0 spiro atoms. The highest BCUT2D eigenvalue weighted by atomic mass is 16.3. The van der Waals surface area contributed by atoms with E-state index in [2.05, 4.69) is 19.2 Å². The van der Waals surface area contributed by atoms with Crippen molar-refractivity contribution in [1.29, 1.82) is 0 Å². The topological polar surface area (TPSA) is 25.2 Å². The Hall–Kier alpha value is -0.760. The van der Waals surface area contributed by atoms with Crippen LogP contribution in [0.2, 0.25) is 0 Å². The number of hydrogen-bond donors (Lipinski definition) is 1. The van der Waals surface area contributed by atoms with Gasteiger partial charge in [0.25, 0.3) is 0 Å². The third-order valence-corrected chi connectivity index (χ3v) is 3.59. The molecule has 0 radical (unpaired) electrons. The Balaban J connectivity index is 1.85. The second-order valence-electron chi connectivity index (χ2n) is 4.74. The predicted octanol–water partition coefficient (Wildman–Crippen LogP) is 3.51.